The number of fused-ring (bicyclic) bond motifs is 1. The van der Waals surface area contributed by atoms with Gasteiger partial charge < -0.3 is 15.2 Å². The van der Waals surface area contributed by atoms with Gasteiger partial charge in [0, 0.05) is 47.5 Å². The Kier molecular flexibility index (Phi) is 7.09. The summed E-state index contributed by atoms with van der Waals surface area (Å²) >= 11 is 7.45. The number of phenolic OH excluding ortho intramolecular Hbond substituents is 1. The molecule has 1 aliphatic heterocycles. The molecule has 1 fully saturated rings. The van der Waals surface area contributed by atoms with E-state index in [1.165, 1.54) is 34.9 Å². The summed E-state index contributed by atoms with van der Waals surface area (Å²) in [5.41, 5.74) is 2.87. The number of aromatic nitrogens is 4. The standard InChI is InChI=1S/C27H25ClN6O4S2/c1-38-23-15-17(4-9-22(23)35)24-25(34-13-14-39-27(34)32-24)21-10-11-29-26(31-21)30-19-3-2-12-33(16-19)40(36,37)20-7-5-18(28)6-8-20/h4-11,13-15,19,35H,2-3,12,16H2,1H3,(H,29,30,31). The second-order valence-corrected chi connectivity index (χ2v) is 12.6. The van der Waals surface area contributed by atoms with Crippen LogP contribution >= 0.6 is 22.9 Å². The predicted molar refractivity (Wildman–Crippen MR) is 155 cm³/mol. The van der Waals surface area contributed by atoms with Gasteiger partial charge in [-0.05, 0) is 61.4 Å². The number of ether oxygens (including phenoxy) is 1. The molecule has 2 aromatic carbocycles. The Morgan fingerprint density at radius 3 is 2.77 bits per heavy atom. The van der Waals surface area contributed by atoms with Crippen LogP contribution in [0.25, 0.3) is 27.6 Å². The van der Waals surface area contributed by atoms with Crippen molar-refractivity contribution in [3.05, 3.63) is 71.3 Å². The summed E-state index contributed by atoms with van der Waals surface area (Å²) in [6.45, 7) is 0.730. The van der Waals surface area contributed by atoms with Gasteiger partial charge in [0.2, 0.25) is 16.0 Å². The first-order chi connectivity index (χ1) is 19.3. The van der Waals surface area contributed by atoms with Gasteiger partial charge in [0.15, 0.2) is 16.5 Å². The highest BCUT2D eigenvalue weighted by atomic mass is 35.5. The lowest BCUT2D eigenvalue weighted by Crippen LogP contribution is -2.45. The number of phenols is 1. The SMILES string of the molecule is COc1cc(-c2nc3sccn3c2-c2ccnc(NC3CCCN(S(=O)(=O)c4ccc(Cl)cc4)C3)n2)ccc1O. The summed E-state index contributed by atoms with van der Waals surface area (Å²) in [6, 6.07) is 13.0. The fourth-order valence-electron chi connectivity index (χ4n) is 4.83. The quantitative estimate of drug-likeness (QED) is 0.264. The molecule has 206 valence electrons. The van der Waals surface area contributed by atoms with Gasteiger partial charge in [-0.25, -0.2) is 23.4 Å². The normalized spacial score (nSPS) is 16.3. The zero-order valence-corrected chi connectivity index (χ0v) is 23.7. The second kappa shape index (κ2) is 10.7. The number of methoxy groups -OCH3 is 1. The zero-order valence-electron chi connectivity index (χ0n) is 21.4. The number of benzene rings is 2. The van der Waals surface area contributed by atoms with Gasteiger partial charge in [0.1, 0.15) is 5.69 Å². The molecule has 2 N–H and O–H groups in total. The van der Waals surface area contributed by atoms with E-state index in [0.29, 0.717) is 47.6 Å². The molecule has 10 nitrogen and oxygen atoms in total. The second-order valence-electron chi connectivity index (χ2n) is 9.32. The van der Waals surface area contributed by atoms with E-state index in [1.54, 1.807) is 36.5 Å². The summed E-state index contributed by atoms with van der Waals surface area (Å²) in [5, 5.41) is 15.9. The molecule has 1 atom stereocenters. The number of thiazole rings is 1. The molecule has 0 amide bonds. The first kappa shape index (κ1) is 26.5. The summed E-state index contributed by atoms with van der Waals surface area (Å²) < 4.78 is 35.2. The lowest BCUT2D eigenvalue weighted by atomic mass is 10.1. The van der Waals surface area contributed by atoms with Crippen molar-refractivity contribution in [2.45, 2.75) is 23.8 Å². The van der Waals surface area contributed by atoms with Crippen molar-refractivity contribution in [3.63, 3.8) is 0 Å². The number of hydrogen-bond acceptors (Lipinski definition) is 9. The first-order valence-electron chi connectivity index (χ1n) is 12.5. The van der Waals surface area contributed by atoms with Crippen molar-refractivity contribution in [1.29, 1.82) is 0 Å². The fraction of sp³-hybridized carbons (Fsp3) is 0.222. The van der Waals surface area contributed by atoms with Crippen molar-refractivity contribution in [2.24, 2.45) is 0 Å². The van der Waals surface area contributed by atoms with Crippen LogP contribution in [0, 0.1) is 0 Å². The average molecular weight is 597 g/mol. The van der Waals surface area contributed by atoms with E-state index < -0.39 is 10.0 Å². The number of aromatic hydroxyl groups is 1. The molecule has 0 aliphatic carbocycles. The summed E-state index contributed by atoms with van der Waals surface area (Å²) in [7, 11) is -2.15. The van der Waals surface area contributed by atoms with E-state index in [-0.39, 0.29) is 16.7 Å². The number of anilines is 1. The topological polar surface area (TPSA) is 122 Å². The zero-order chi connectivity index (χ0) is 27.9. The minimum atomic E-state index is -3.66. The van der Waals surface area contributed by atoms with Crippen molar-refractivity contribution < 1.29 is 18.3 Å². The number of nitrogens with one attached hydrogen (secondary N) is 1. The molecule has 4 heterocycles. The van der Waals surface area contributed by atoms with Crippen LogP contribution in [0.2, 0.25) is 5.02 Å². The molecule has 5 aromatic rings. The Morgan fingerprint density at radius 1 is 1.15 bits per heavy atom. The van der Waals surface area contributed by atoms with Crippen molar-refractivity contribution >= 4 is 43.9 Å². The molecule has 6 rings (SSSR count). The Hall–Kier alpha value is -3.71. The highest BCUT2D eigenvalue weighted by Crippen LogP contribution is 2.37. The van der Waals surface area contributed by atoms with Crippen LogP contribution in [0.5, 0.6) is 11.5 Å². The number of imidazole rings is 1. The predicted octanol–water partition coefficient (Wildman–Crippen LogP) is 5.15. The molecule has 0 radical (unpaired) electrons. The molecule has 0 bridgehead atoms. The summed E-state index contributed by atoms with van der Waals surface area (Å²) in [5.74, 6) is 0.787. The van der Waals surface area contributed by atoms with Crippen molar-refractivity contribution in [1.82, 2.24) is 23.7 Å². The van der Waals surface area contributed by atoms with E-state index in [2.05, 4.69) is 10.3 Å². The van der Waals surface area contributed by atoms with Crippen molar-refractivity contribution in [3.8, 4) is 34.1 Å². The number of halogens is 1. The van der Waals surface area contributed by atoms with Gasteiger partial charge in [-0.3, -0.25) is 4.40 Å². The van der Waals surface area contributed by atoms with Gasteiger partial charge >= 0.3 is 0 Å². The fourth-order valence-corrected chi connectivity index (χ4v) is 7.20. The number of hydrogen-bond donors (Lipinski definition) is 2. The minimum absolute atomic E-state index is 0.0435. The van der Waals surface area contributed by atoms with E-state index in [1.807, 2.05) is 22.0 Å². The number of sulfonamides is 1. The van der Waals surface area contributed by atoms with E-state index in [4.69, 9.17) is 26.3 Å². The first-order valence-corrected chi connectivity index (χ1v) is 15.2. The largest absolute Gasteiger partial charge is 0.504 e. The third-order valence-corrected chi connectivity index (χ3v) is 9.67. The Balaban J connectivity index is 1.29. The molecule has 0 saturated carbocycles. The van der Waals surface area contributed by atoms with Gasteiger partial charge in [-0.15, -0.1) is 11.3 Å². The Bertz CT molecular complexity index is 1790. The number of rotatable bonds is 7. The maximum Gasteiger partial charge on any atom is 0.243 e. The van der Waals surface area contributed by atoms with E-state index >= 15 is 0 Å². The third-order valence-electron chi connectivity index (χ3n) is 6.78. The number of nitrogens with zero attached hydrogens (tertiary/aromatic N) is 5. The number of piperidine rings is 1. The van der Waals surface area contributed by atoms with E-state index in [0.717, 1.165) is 22.6 Å². The van der Waals surface area contributed by atoms with Crippen LogP contribution < -0.4 is 10.1 Å². The maximum atomic E-state index is 13.2. The molecular weight excluding hydrogens is 572 g/mol. The molecule has 0 spiro atoms. The minimum Gasteiger partial charge on any atom is -0.504 e. The van der Waals surface area contributed by atoms with Gasteiger partial charge in [0.25, 0.3) is 0 Å². The molecule has 3 aromatic heterocycles. The molecule has 1 aliphatic rings. The molecule has 1 unspecified atom stereocenters. The molecule has 40 heavy (non-hydrogen) atoms. The van der Waals surface area contributed by atoms with Gasteiger partial charge in [0.05, 0.1) is 23.4 Å². The third kappa shape index (κ3) is 4.99. The lowest BCUT2D eigenvalue weighted by molar-refractivity contribution is 0.326. The van der Waals surface area contributed by atoms with Crippen LogP contribution in [0.1, 0.15) is 12.8 Å². The van der Waals surface area contributed by atoms with Crippen LogP contribution in [0.15, 0.2) is 71.2 Å². The Labute approximate surface area is 239 Å². The Morgan fingerprint density at radius 2 is 1.98 bits per heavy atom. The molecular formula is C27H25ClN6O4S2. The van der Waals surface area contributed by atoms with Gasteiger partial charge in [-0.2, -0.15) is 4.31 Å². The molecule has 13 heteroatoms. The smallest absolute Gasteiger partial charge is 0.243 e. The monoisotopic (exact) mass is 596 g/mol. The lowest BCUT2D eigenvalue weighted by Gasteiger charge is -2.32. The summed E-state index contributed by atoms with van der Waals surface area (Å²) in [6.07, 6.45) is 5.08. The van der Waals surface area contributed by atoms with Crippen LogP contribution in [0.3, 0.4) is 0 Å². The van der Waals surface area contributed by atoms with Crippen LogP contribution in [-0.4, -0.2) is 63.4 Å². The highest BCUT2D eigenvalue weighted by molar-refractivity contribution is 7.89. The summed E-state index contributed by atoms with van der Waals surface area (Å²) in [4.78, 5) is 15.1. The average Bonchev–Trinajstić information content (AvgIpc) is 3.56. The maximum absolute atomic E-state index is 13.2. The van der Waals surface area contributed by atoms with Crippen LogP contribution in [-0.2, 0) is 10.0 Å². The van der Waals surface area contributed by atoms with Crippen molar-refractivity contribution in [2.75, 3.05) is 25.5 Å². The molecule has 1 saturated heterocycles. The van der Waals surface area contributed by atoms with Crippen LogP contribution in [0.4, 0.5) is 5.95 Å². The highest BCUT2D eigenvalue weighted by Gasteiger charge is 2.31. The van der Waals surface area contributed by atoms with Gasteiger partial charge in [-0.1, -0.05) is 11.6 Å². The van der Waals surface area contributed by atoms with E-state index in [9.17, 15) is 13.5 Å².